The van der Waals surface area contributed by atoms with Gasteiger partial charge in [0.25, 0.3) is 0 Å². The Kier molecular flexibility index (Phi) is 11.3. The molecular weight excluding hydrogens is 560 g/mol. The molecule has 0 radical (unpaired) electrons. The van der Waals surface area contributed by atoms with Crippen molar-refractivity contribution < 1.29 is 66.7 Å². The maximum Gasteiger partial charge on any atom is 0.305 e. The molecule has 0 saturated carbocycles. The van der Waals surface area contributed by atoms with Gasteiger partial charge in [0.2, 0.25) is 12.4 Å². The molecule has 0 aliphatic carbocycles. The first-order valence-corrected chi connectivity index (χ1v) is 13.1. The first-order valence-electron chi connectivity index (χ1n) is 13.1. The molecule has 0 spiro atoms. The molecule has 230 valence electrons. The zero-order valence-corrected chi connectivity index (χ0v) is 23.9. The Morgan fingerprint density at radius 2 is 1.52 bits per heavy atom. The number of esters is 5. The first-order chi connectivity index (χ1) is 19.9. The van der Waals surface area contributed by atoms with Crippen molar-refractivity contribution >= 4 is 40.8 Å². The highest BCUT2D eigenvalue weighted by Gasteiger charge is 2.53. The van der Waals surface area contributed by atoms with E-state index in [0.717, 1.165) is 20.8 Å². The van der Waals surface area contributed by atoms with E-state index in [-0.39, 0.29) is 24.7 Å². The van der Waals surface area contributed by atoms with Crippen LogP contribution in [0.3, 0.4) is 0 Å². The summed E-state index contributed by atoms with van der Waals surface area (Å²) in [5, 5.41) is 10.3. The van der Waals surface area contributed by atoms with Crippen LogP contribution < -0.4 is 4.74 Å². The molecule has 14 heteroatoms. The lowest BCUT2D eigenvalue weighted by atomic mass is 9.98. The quantitative estimate of drug-likeness (QED) is 0.277. The van der Waals surface area contributed by atoms with E-state index in [1.807, 2.05) is 0 Å². The van der Waals surface area contributed by atoms with E-state index in [2.05, 4.69) is 4.74 Å². The third-order valence-electron chi connectivity index (χ3n) is 6.17. The first kappa shape index (κ1) is 32.3. The average Bonchev–Trinajstić information content (AvgIpc) is 3.34. The van der Waals surface area contributed by atoms with Gasteiger partial charge in [-0.2, -0.15) is 0 Å². The van der Waals surface area contributed by atoms with Crippen molar-refractivity contribution in [2.75, 3.05) is 13.7 Å². The summed E-state index contributed by atoms with van der Waals surface area (Å²) in [6.07, 6.45) is -5.81. The summed E-state index contributed by atoms with van der Waals surface area (Å²) in [5.41, 5.74) is 0.770. The number of aliphatic hydroxyl groups excluding tert-OH is 1. The van der Waals surface area contributed by atoms with E-state index in [1.165, 1.54) is 20.1 Å². The van der Waals surface area contributed by atoms with Crippen molar-refractivity contribution in [3.63, 3.8) is 0 Å². The Morgan fingerprint density at radius 3 is 2.12 bits per heavy atom. The van der Waals surface area contributed by atoms with Crippen molar-refractivity contribution in [3.8, 4) is 5.75 Å². The number of ether oxygens (including phenoxy) is 7. The van der Waals surface area contributed by atoms with Gasteiger partial charge in [0.1, 0.15) is 29.8 Å². The number of carbonyl (C=O) groups is 5. The van der Waals surface area contributed by atoms with Gasteiger partial charge in [0, 0.05) is 46.1 Å². The number of furan rings is 1. The van der Waals surface area contributed by atoms with E-state index in [4.69, 9.17) is 32.8 Å². The second-order valence-electron chi connectivity index (χ2n) is 9.45. The van der Waals surface area contributed by atoms with Crippen LogP contribution in [0, 0.1) is 0 Å². The number of carbonyl (C=O) groups excluding carboxylic acids is 5. The maximum atomic E-state index is 12.1. The zero-order chi connectivity index (χ0) is 31.0. The monoisotopic (exact) mass is 594 g/mol. The van der Waals surface area contributed by atoms with Crippen LogP contribution in [0.2, 0.25) is 0 Å². The molecule has 0 bridgehead atoms. The molecule has 1 aromatic carbocycles. The number of benzene rings is 1. The molecular formula is C28H34O14. The average molecular weight is 595 g/mol. The van der Waals surface area contributed by atoms with E-state index in [0.29, 0.717) is 35.1 Å². The third kappa shape index (κ3) is 8.42. The number of fused-ring (bicyclic) bond motifs is 1. The molecule has 1 aromatic heterocycles. The largest absolute Gasteiger partial charge is 0.469 e. The van der Waals surface area contributed by atoms with E-state index < -0.39 is 61.2 Å². The number of aliphatic hydroxyl groups is 1. The second kappa shape index (κ2) is 14.6. The number of hydrogen-bond donors (Lipinski definition) is 1. The number of hydrogen-bond acceptors (Lipinski definition) is 14. The molecule has 5 atom stereocenters. The van der Waals surface area contributed by atoms with Crippen molar-refractivity contribution in [3.05, 3.63) is 29.5 Å². The fourth-order valence-electron chi connectivity index (χ4n) is 4.47. The Labute approximate surface area is 241 Å². The Bertz CT molecular complexity index is 1300. The molecule has 1 saturated heterocycles. The van der Waals surface area contributed by atoms with Gasteiger partial charge in [-0.1, -0.05) is 0 Å². The van der Waals surface area contributed by atoms with Gasteiger partial charge in [-0.25, -0.2) is 0 Å². The van der Waals surface area contributed by atoms with Crippen LogP contribution in [-0.4, -0.2) is 79.4 Å². The van der Waals surface area contributed by atoms with Crippen LogP contribution in [0.15, 0.2) is 22.6 Å². The lowest BCUT2D eigenvalue weighted by molar-refractivity contribution is -0.288. The number of rotatable bonds is 12. The molecule has 3 rings (SSSR count). The summed E-state index contributed by atoms with van der Waals surface area (Å²) in [6.45, 7) is 3.78. The van der Waals surface area contributed by atoms with Gasteiger partial charge in [-0.15, -0.1) is 0 Å². The molecule has 0 unspecified atom stereocenters. The van der Waals surface area contributed by atoms with E-state index in [1.54, 1.807) is 12.1 Å². The molecule has 1 aliphatic rings. The van der Waals surface area contributed by atoms with E-state index >= 15 is 0 Å². The van der Waals surface area contributed by atoms with Gasteiger partial charge in [0.05, 0.1) is 19.1 Å². The van der Waals surface area contributed by atoms with Gasteiger partial charge in [0.15, 0.2) is 12.2 Å². The van der Waals surface area contributed by atoms with E-state index in [9.17, 15) is 29.1 Å². The minimum atomic E-state index is -1.45. The molecule has 2 aromatic rings. The van der Waals surface area contributed by atoms with Crippen molar-refractivity contribution in [1.82, 2.24) is 0 Å². The fraction of sp³-hybridized carbons (Fsp3) is 0.536. The predicted octanol–water partition coefficient (Wildman–Crippen LogP) is 1.88. The molecule has 2 heterocycles. The zero-order valence-electron chi connectivity index (χ0n) is 23.9. The maximum absolute atomic E-state index is 12.1. The highest BCUT2D eigenvalue weighted by Crippen LogP contribution is 2.36. The van der Waals surface area contributed by atoms with Gasteiger partial charge in [-0.05, 0) is 24.6 Å². The van der Waals surface area contributed by atoms with Crippen LogP contribution in [0.1, 0.15) is 51.9 Å². The van der Waals surface area contributed by atoms with Crippen LogP contribution in [0.4, 0.5) is 0 Å². The molecule has 1 aliphatic heterocycles. The molecule has 42 heavy (non-hydrogen) atoms. The number of methoxy groups -OCH3 is 1. The second-order valence-corrected chi connectivity index (χ2v) is 9.45. The Balaban J connectivity index is 2.02. The molecule has 1 fully saturated rings. The molecule has 14 nitrogen and oxygen atoms in total. The van der Waals surface area contributed by atoms with Crippen LogP contribution in [0.5, 0.6) is 5.75 Å². The van der Waals surface area contributed by atoms with Crippen LogP contribution in [0.25, 0.3) is 11.0 Å². The van der Waals surface area contributed by atoms with Crippen molar-refractivity contribution in [1.29, 1.82) is 0 Å². The van der Waals surface area contributed by atoms with Gasteiger partial charge in [-0.3, -0.25) is 24.0 Å². The SMILES string of the molecule is COC(=O)CCCc1cc2c(O[C@@H]3O[C@H](COC(C)=O)[C@H](OC(C)=O)[C@H](OC(C)=O)[C@H]3OC(C)=O)ccc(CO)c2o1. The summed E-state index contributed by atoms with van der Waals surface area (Å²) in [6, 6.07) is 4.77. The molecule has 1 N–H and O–H groups in total. The Morgan fingerprint density at radius 1 is 0.881 bits per heavy atom. The topological polar surface area (TPSA) is 183 Å². The lowest BCUT2D eigenvalue weighted by Gasteiger charge is -2.43. The highest BCUT2D eigenvalue weighted by molar-refractivity contribution is 5.87. The summed E-state index contributed by atoms with van der Waals surface area (Å²) < 4.78 is 44.2. The van der Waals surface area contributed by atoms with Gasteiger partial charge < -0.3 is 42.7 Å². The normalized spacial score (nSPS) is 21.7. The summed E-state index contributed by atoms with van der Waals surface area (Å²) >= 11 is 0. The minimum Gasteiger partial charge on any atom is -0.469 e. The fourth-order valence-corrected chi connectivity index (χ4v) is 4.47. The summed E-state index contributed by atoms with van der Waals surface area (Å²) in [7, 11) is 1.30. The van der Waals surface area contributed by atoms with Crippen molar-refractivity contribution in [2.45, 2.75) is 84.3 Å². The van der Waals surface area contributed by atoms with Crippen LogP contribution >= 0.6 is 0 Å². The summed E-state index contributed by atoms with van der Waals surface area (Å²) in [4.78, 5) is 59.2. The predicted molar refractivity (Wildman–Crippen MR) is 140 cm³/mol. The molecule has 0 amide bonds. The Hall–Kier alpha value is -4.17. The highest BCUT2D eigenvalue weighted by atomic mass is 16.7. The summed E-state index contributed by atoms with van der Waals surface area (Å²) in [5.74, 6) is -2.63. The van der Waals surface area contributed by atoms with Crippen LogP contribution in [-0.2, 0) is 65.4 Å². The number of aryl methyl sites for hydroxylation is 1. The standard InChI is InChI=1S/C28H34O14/c1-14(30)36-13-22-25(37-15(2)31)26(38-16(3)32)27(39-17(4)33)28(42-22)41-21-10-9-18(12-29)24-20(21)11-19(40-24)7-6-8-23(34)35-5/h9-11,22,25-29H,6-8,12-13H2,1-5H3/t22-,25+,26+,27-,28-/m1/s1. The van der Waals surface area contributed by atoms with Gasteiger partial charge >= 0.3 is 29.8 Å². The minimum absolute atomic E-state index is 0.175. The lowest BCUT2D eigenvalue weighted by Crippen LogP contribution is -2.63. The third-order valence-corrected chi connectivity index (χ3v) is 6.17. The smallest absolute Gasteiger partial charge is 0.305 e. The van der Waals surface area contributed by atoms with Crippen molar-refractivity contribution in [2.24, 2.45) is 0 Å².